The monoisotopic (exact) mass is 395 g/mol. The predicted octanol–water partition coefficient (Wildman–Crippen LogP) is 1.33. The second-order valence-corrected chi connectivity index (χ2v) is 6.96. The molecule has 0 aliphatic carbocycles. The maximum absolute atomic E-state index is 12.4. The Morgan fingerprint density at radius 1 is 1.00 bits per heavy atom. The number of carbonyl (C=O) groups is 3. The van der Waals surface area contributed by atoms with E-state index in [4.69, 9.17) is 4.74 Å². The molecule has 1 aliphatic rings. The van der Waals surface area contributed by atoms with E-state index in [1.54, 1.807) is 4.90 Å². The number of rotatable bonds is 5. The molecular weight excluding hydrogens is 370 g/mol. The van der Waals surface area contributed by atoms with E-state index < -0.39 is 11.8 Å². The Hall–Kier alpha value is -3.19. The van der Waals surface area contributed by atoms with Crippen LogP contribution in [0.4, 0.5) is 0 Å². The molecule has 0 spiro atoms. The first-order valence-electron chi connectivity index (χ1n) is 9.59. The lowest BCUT2D eigenvalue weighted by molar-refractivity contribution is -0.142. The van der Waals surface area contributed by atoms with Gasteiger partial charge in [-0.05, 0) is 18.1 Å². The molecule has 1 aliphatic heterocycles. The van der Waals surface area contributed by atoms with E-state index in [-0.39, 0.29) is 25.1 Å². The molecule has 3 rings (SSSR count). The lowest BCUT2D eigenvalue weighted by Gasteiger charge is -2.33. The van der Waals surface area contributed by atoms with Crippen molar-refractivity contribution < 1.29 is 19.1 Å². The molecule has 7 nitrogen and oxygen atoms in total. The molecule has 0 aromatic heterocycles. The van der Waals surface area contributed by atoms with Gasteiger partial charge in [-0.15, -0.1) is 0 Å². The lowest BCUT2D eigenvalue weighted by atomic mass is 10.1. The van der Waals surface area contributed by atoms with Gasteiger partial charge in [0.1, 0.15) is 6.10 Å². The van der Waals surface area contributed by atoms with Crippen molar-refractivity contribution in [2.45, 2.75) is 19.6 Å². The zero-order valence-electron chi connectivity index (χ0n) is 16.4. The van der Waals surface area contributed by atoms with Crippen molar-refractivity contribution in [2.24, 2.45) is 0 Å². The molecule has 3 amide bonds. The van der Waals surface area contributed by atoms with Gasteiger partial charge < -0.3 is 20.3 Å². The second-order valence-electron chi connectivity index (χ2n) is 6.96. The first-order chi connectivity index (χ1) is 14.0. The van der Waals surface area contributed by atoms with Crippen LogP contribution in [0.3, 0.4) is 0 Å². The third-order valence-electron chi connectivity index (χ3n) is 4.77. The Bertz CT molecular complexity index is 852. The molecule has 7 heteroatoms. The third-order valence-corrected chi connectivity index (χ3v) is 4.77. The Morgan fingerprint density at radius 2 is 1.69 bits per heavy atom. The Balaban J connectivity index is 1.43. The Labute approximate surface area is 170 Å². The summed E-state index contributed by atoms with van der Waals surface area (Å²) in [7, 11) is 0. The molecule has 1 atom stereocenters. The fraction of sp³-hybridized carbons (Fsp3) is 0.318. The van der Waals surface area contributed by atoms with Crippen molar-refractivity contribution in [2.75, 3.05) is 26.2 Å². The van der Waals surface area contributed by atoms with E-state index >= 15 is 0 Å². The van der Waals surface area contributed by atoms with Crippen LogP contribution < -0.4 is 10.6 Å². The zero-order valence-corrected chi connectivity index (χ0v) is 16.4. The number of ether oxygens (including phenoxy) is 1. The van der Waals surface area contributed by atoms with Crippen molar-refractivity contribution in [1.29, 1.82) is 0 Å². The molecule has 0 bridgehead atoms. The third kappa shape index (κ3) is 5.89. The highest BCUT2D eigenvalue weighted by atomic mass is 16.5. The molecule has 1 heterocycles. The van der Waals surface area contributed by atoms with Gasteiger partial charge in [-0.3, -0.25) is 14.4 Å². The van der Waals surface area contributed by atoms with E-state index in [0.29, 0.717) is 19.7 Å². The normalized spacial score (nSPS) is 16.2. The Kier molecular flexibility index (Phi) is 6.97. The van der Waals surface area contributed by atoms with Crippen LogP contribution in [0.5, 0.6) is 0 Å². The van der Waals surface area contributed by atoms with Gasteiger partial charge in [0.05, 0.1) is 19.7 Å². The summed E-state index contributed by atoms with van der Waals surface area (Å²) in [5.41, 5.74) is 3.02. The van der Waals surface area contributed by atoms with Crippen LogP contribution in [0.25, 0.3) is 0 Å². The average molecular weight is 395 g/mol. The highest BCUT2D eigenvalue weighted by Crippen LogP contribution is 2.21. The minimum atomic E-state index is -0.821. The summed E-state index contributed by atoms with van der Waals surface area (Å²) in [5.74, 6) is -1.82. The molecule has 2 aromatic rings. The van der Waals surface area contributed by atoms with E-state index in [2.05, 4.69) is 10.6 Å². The van der Waals surface area contributed by atoms with Crippen molar-refractivity contribution >= 4 is 17.7 Å². The number of carbonyl (C=O) groups excluding carboxylic acids is 3. The van der Waals surface area contributed by atoms with Crippen LogP contribution >= 0.6 is 0 Å². The fourth-order valence-corrected chi connectivity index (χ4v) is 3.06. The molecule has 2 aromatic carbocycles. The first-order valence-corrected chi connectivity index (χ1v) is 9.59. The largest absolute Gasteiger partial charge is 0.370 e. The van der Waals surface area contributed by atoms with E-state index in [0.717, 1.165) is 16.7 Å². The number of amides is 3. The van der Waals surface area contributed by atoms with Crippen molar-refractivity contribution in [1.82, 2.24) is 15.5 Å². The standard InChI is InChI=1S/C22H25N3O4/c1-16-7-9-17(10-8-16)13-23-21(27)22(28)24-14-20(26)25-11-12-29-19(15-25)18-5-3-2-4-6-18/h2-10,19H,11-15H2,1H3,(H,23,27)(H,24,28). The maximum atomic E-state index is 12.4. The number of hydrogen-bond donors (Lipinski definition) is 2. The molecule has 0 radical (unpaired) electrons. The van der Waals surface area contributed by atoms with E-state index in [9.17, 15) is 14.4 Å². The van der Waals surface area contributed by atoms with Gasteiger partial charge in [-0.25, -0.2) is 0 Å². The van der Waals surface area contributed by atoms with Crippen molar-refractivity contribution in [3.05, 3.63) is 71.3 Å². The van der Waals surface area contributed by atoms with Gasteiger partial charge in [-0.2, -0.15) is 0 Å². The minimum absolute atomic E-state index is 0.192. The minimum Gasteiger partial charge on any atom is -0.370 e. The molecule has 29 heavy (non-hydrogen) atoms. The quantitative estimate of drug-likeness (QED) is 0.748. The number of hydrogen-bond acceptors (Lipinski definition) is 4. The van der Waals surface area contributed by atoms with Crippen LogP contribution in [-0.2, 0) is 25.7 Å². The number of morpholine rings is 1. The molecular formula is C22H25N3O4. The smallest absolute Gasteiger partial charge is 0.309 e. The maximum Gasteiger partial charge on any atom is 0.309 e. The van der Waals surface area contributed by atoms with Gasteiger partial charge in [0.25, 0.3) is 0 Å². The molecule has 152 valence electrons. The highest BCUT2D eigenvalue weighted by Gasteiger charge is 2.26. The molecule has 1 fully saturated rings. The summed E-state index contributed by atoms with van der Waals surface area (Å²) in [5, 5.41) is 4.95. The van der Waals surface area contributed by atoms with Gasteiger partial charge in [0, 0.05) is 13.1 Å². The summed E-state index contributed by atoms with van der Waals surface area (Å²) in [6, 6.07) is 17.3. The number of nitrogens with one attached hydrogen (secondary N) is 2. The van der Waals surface area contributed by atoms with E-state index in [1.165, 1.54) is 0 Å². The van der Waals surface area contributed by atoms with E-state index in [1.807, 2.05) is 61.5 Å². The highest BCUT2D eigenvalue weighted by molar-refractivity contribution is 6.35. The SMILES string of the molecule is Cc1ccc(CNC(=O)C(=O)NCC(=O)N2CCOC(c3ccccc3)C2)cc1. The molecule has 1 unspecified atom stereocenters. The van der Waals surface area contributed by atoms with Gasteiger partial charge in [-0.1, -0.05) is 60.2 Å². The van der Waals surface area contributed by atoms with Gasteiger partial charge in [0.15, 0.2) is 0 Å². The first kappa shape index (κ1) is 20.5. The topological polar surface area (TPSA) is 87.7 Å². The van der Waals surface area contributed by atoms with Gasteiger partial charge >= 0.3 is 11.8 Å². The Morgan fingerprint density at radius 3 is 2.41 bits per heavy atom. The summed E-state index contributed by atoms with van der Waals surface area (Å²) >= 11 is 0. The van der Waals surface area contributed by atoms with Crippen LogP contribution in [0.2, 0.25) is 0 Å². The summed E-state index contributed by atoms with van der Waals surface area (Å²) in [6.45, 7) is 3.30. The zero-order chi connectivity index (χ0) is 20.6. The molecule has 0 saturated carbocycles. The van der Waals surface area contributed by atoms with Crippen molar-refractivity contribution in [3.63, 3.8) is 0 Å². The lowest BCUT2D eigenvalue weighted by Crippen LogP contribution is -2.48. The average Bonchev–Trinajstić information content (AvgIpc) is 2.77. The van der Waals surface area contributed by atoms with Crippen LogP contribution in [-0.4, -0.2) is 48.9 Å². The van der Waals surface area contributed by atoms with Crippen molar-refractivity contribution in [3.8, 4) is 0 Å². The number of nitrogens with zero attached hydrogens (tertiary/aromatic N) is 1. The number of benzene rings is 2. The molecule has 2 N–H and O–H groups in total. The van der Waals surface area contributed by atoms with Crippen LogP contribution in [0, 0.1) is 6.92 Å². The van der Waals surface area contributed by atoms with Gasteiger partial charge in [0.2, 0.25) is 5.91 Å². The second kappa shape index (κ2) is 9.84. The molecule has 1 saturated heterocycles. The van der Waals surface area contributed by atoms with Crippen LogP contribution in [0.15, 0.2) is 54.6 Å². The number of aryl methyl sites for hydroxylation is 1. The summed E-state index contributed by atoms with van der Waals surface area (Å²) in [6.07, 6.45) is -0.192. The fourth-order valence-electron chi connectivity index (χ4n) is 3.06. The summed E-state index contributed by atoms with van der Waals surface area (Å²) in [4.78, 5) is 38.0. The predicted molar refractivity (Wildman–Crippen MR) is 108 cm³/mol. The van der Waals surface area contributed by atoms with Crippen LogP contribution in [0.1, 0.15) is 22.8 Å². The summed E-state index contributed by atoms with van der Waals surface area (Å²) < 4.78 is 5.74.